The van der Waals surface area contributed by atoms with E-state index in [9.17, 15) is 17.2 Å². The van der Waals surface area contributed by atoms with Crippen LogP contribution in [0.3, 0.4) is 0 Å². The number of nitrogen functional groups attached to an aromatic ring is 1. The van der Waals surface area contributed by atoms with Gasteiger partial charge < -0.3 is 10.5 Å². The van der Waals surface area contributed by atoms with Gasteiger partial charge in [-0.05, 0) is 29.8 Å². The van der Waals surface area contributed by atoms with Crippen molar-refractivity contribution in [3.63, 3.8) is 0 Å². The van der Waals surface area contributed by atoms with Crippen LogP contribution in [0.2, 0.25) is 0 Å². The van der Waals surface area contributed by atoms with E-state index in [4.69, 9.17) is 10.5 Å². The average molecular weight is 313 g/mol. The molecular weight excluding hydrogens is 300 g/mol. The number of nitrogens with two attached hydrogens (primary N) is 1. The fraction of sp³-hybridized carbons (Fsp3) is 0.143. The van der Waals surface area contributed by atoms with Crippen molar-refractivity contribution in [1.29, 1.82) is 0 Å². The minimum absolute atomic E-state index is 0.0519. The van der Waals surface area contributed by atoms with E-state index >= 15 is 0 Å². The Bertz CT molecular complexity index is 776. The smallest absolute Gasteiger partial charge is 0.186 e. The Hall–Kier alpha value is -2.15. The first-order chi connectivity index (χ1) is 9.83. The molecule has 0 fully saturated rings. The first-order valence-electron chi connectivity index (χ1n) is 5.93. The first kappa shape index (κ1) is 15.2. The van der Waals surface area contributed by atoms with Crippen LogP contribution in [0.25, 0.3) is 0 Å². The molecule has 0 bridgehead atoms. The molecule has 21 heavy (non-hydrogen) atoms. The van der Waals surface area contributed by atoms with Gasteiger partial charge in [0.1, 0.15) is 10.6 Å². The van der Waals surface area contributed by atoms with E-state index in [2.05, 4.69) is 0 Å². The number of sulfone groups is 1. The van der Waals surface area contributed by atoms with Gasteiger partial charge in [0.25, 0.3) is 0 Å². The first-order valence-corrected chi connectivity index (χ1v) is 7.59. The summed E-state index contributed by atoms with van der Waals surface area (Å²) in [5.41, 5.74) is 6.08. The zero-order valence-electron chi connectivity index (χ0n) is 11.1. The van der Waals surface area contributed by atoms with Crippen molar-refractivity contribution < 1.29 is 21.9 Å². The summed E-state index contributed by atoms with van der Waals surface area (Å²) in [6, 6.07) is 7.11. The maximum absolute atomic E-state index is 13.1. The van der Waals surface area contributed by atoms with Crippen LogP contribution in [-0.2, 0) is 15.6 Å². The third kappa shape index (κ3) is 3.30. The maximum atomic E-state index is 13.1. The van der Waals surface area contributed by atoms with Crippen LogP contribution in [-0.4, -0.2) is 15.5 Å². The number of rotatable bonds is 4. The second-order valence-corrected chi connectivity index (χ2v) is 6.38. The molecule has 0 radical (unpaired) electrons. The SMILES string of the molecule is COc1cc(N)ccc1S(=O)(=O)Cc1ccc(F)c(F)c1. The summed E-state index contributed by atoms with van der Waals surface area (Å²) in [5.74, 6) is -2.48. The Morgan fingerprint density at radius 2 is 1.81 bits per heavy atom. The van der Waals surface area contributed by atoms with Crippen LogP contribution in [0.1, 0.15) is 5.56 Å². The standard InChI is InChI=1S/C14H13F2NO3S/c1-20-13-7-10(17)3-5-14(13)21(18,19)8-9-2-4-11(15)12(16)6-9/h2-7H,8,17H2,1H3. The molecule has 7 heteroatoms. The number of halogens is 2. The molecule has 0 aliphatic rings. The lowest BCUT2D eigenvalue weighted by Crippen LogP contribution is -2.08. The van der Waals surface area contributed by atoms with Gasteiger partial charge in [-0.2, -0.15) is 0 Å². The van der Waals surface area contributed by atoms with Gasteiger partial charge in [0.2, 0.25) is 0 Å². The number of hydrogen-bond acceptors (Lipinski definition) is 4. The van der Waals surface area contributed by atoms with Gasteiger partial charge in [0.15, 0.2) is 21.5 Å². The zero-order valence-corrected chi connectivity index (χ0v) is 12.0. The molecule has 2 aromatic rings. The maximum Gasteiger partial charge on any atom is 0.186 e. The Morgan fingerprint density at radius 1 is 1.10 bits per heavy atom. The number of benzene rings is 2. The number of anilines is 1. The molecule has 0 aliphatic heterocycles. The van der Waals surface area contributed by atoms with Crippen LogP contribution in [0.4, 0.5) is 14.5 Å². The molecule has 0 spiro atoms. The van der Waals surface area contributed by atoms with E-state index in [0.717, 1.165) is 12.1 Å². The van der Waals surface area contributed by atoms with Crippen LogP contribution >= 0.6 is 0 Å². The molecule has 2 N–H and O–H groups in total. The topological polar surface area (TPSA) is 69.4 Å². The second-order valence-electron chi connectivity index (χ2n) is 4.42. The molecule has 2 rings (SSSR count). The number of methoxy groups -OCH3 is 1. The normalized spacial score (nSPS) is 11.4. The molecular formula is C14H13F2NO3S. The van der Waals surface area contributed by atoms with Gasteiger partial charge in [-0.1, -0.05) is 6.07 Å². The number of ether oxygens (including phenoxy) is 1. The van der Waals surface area contributed by atoms with E-state index in [-0.39, 0.29) is 16.2 Å². The zero-order chi connectivity index (χ0) is 15.6. The van der Waals surface area contributed by atoms with Crippen molar-refractivity contribution in [3.8, 4) is 5.75 Å². The largest absolute Gasteiger partial charge is 0.495 e. The molecule has 0 aromatic heterocycles. The minimum Gasteiger partial charge on any atom is -0.495 e. The Balaban J connectivity index is 2.40. The summed E-state index contributed by atoms with van der Waals surface area (Å²) in [5, 5.41) is 0. The van der Waals surface area contributed by atoms with E-state index in [1.807, 2.05) is 0 Å². The van der Waals surface area contributed by atoms with Gasteiger partial charge in [-0.3, -0.25) is 0 Å². The van der Waals surface area contributed by atoms with Gasteiger partial charge >= 0.3 is 0 Å². The average Bonchev–Trinajstić information content (AvgIpc) is 2.42. The highest BCUT2D eigenvalue weighted by Gasteiger charge is 2.21. The molecule has 0 saturated carbocycles. The molecule has 0 atom stereocenters. The van der Waals surface area contributed by atoms with Crippen molar-refractivity contribution >= 4 is 15.5 Å². The van der Waals surface area contributed by atoms with E-state index in [0.29, 0.717) is 5.69 Å². The van der Waals surface area contributed by atoms with Crippen LogP contribution < -0.4 is 10.5 Å². The molecule has 0 unspecified atom stereocenters. The molecule has 4 nitrogen and oxygen atoms in total. The monoisotopic (exact) mass is 313 g/mol. The lowest BCUT2D eigenvalue weighted by atomic mass is 10.2. The fourth-order valence-electron chi connectivity index (χ4n) is 1.87. The summed E-state index contributed by atoms with van der Waals surface area (Å²) < 4.78 is 55.7. The second kappa shape index (κ2) is 5.69. The lowest BCUT2D eigenvalue weighted by Gasteiger charge is -2.10. The molecule has 0 amide bonds. The van der Waals surface area contributed by atoms with Crippen molar-refractivity contribution in [2.75, 3.05) is 12.8 Å². The van der Waals surface area contributed by atoms with E-state index in [1.165, 1.54) is 31.4 Å². The highest BCUT2D eigenvalue weighted by atomic mass is 32.2. The van der Waals surface area contributed by atoms with Crippen LogP contribution in [0.15, 0.2) is 41.3 Å². The van der Waals surface area contributed by atoms with Crippen molar-refractivity contribution in [2.24, 2.45) is 0 Å². The molecule has 2 aromatic carbocycles. The minimum atomic E-state index is -3.77. The molecule has 0 saturated heterocycles. The third-order valence-electron chi connectivity index (χ3n) is 2.86. The summed E-state index contributed by atoms with van der Waals surface area (Å²) in [6.07, 6.45) is 0. The fourth-order valence-corrected chi connectivity index (χ4v) is 3.37. The molecule has 0 aliphatic carbocycles. The Kier molecular flexibility index (Phi) is 4.13. The van der Waals surface area contributed by atoms with Gasteiger partial charge in [-0.25, -0.2) is 17.2 Å². The highest BCUT2D eigenvalue weighted by Crippen LogP contribution is 2.28. The third-order valence-corrected chi connectivity index (χ3v) is 4.58. The van der Waals surface area contributed by atoms with Gasteiger partial charge in [0.05, 0.1) is 12.9 Å². The quantitative estimate of drug-likeness (QED) is 0.881. The van der Waals surface area contributed by atoms with Gasteiger partial charge in [-0.15, -0.1) is 0 Å². The highest BCUT2D eigenvalue weighted by molar-refractivity contribution is 7.90. The van der Waals surface area contributed by atoms with Gasteiger partial charge in [0, 0.05) is 11.8 Å². The Morgan fingerprint density at radius 3 is 2.43 bits per heavy atom. The van der Waals surface area contributed by atoms with Crippen molar-refractivity contribution in [2.45, 2.75) is 10.6 Å². The predicted molar refractivity (Wildman–Crippen MR) is 74.7 cm³/mol. The number of hydrogen-bond donors (Lipinski definition) is 1. The van der Waals surface area contributed by atoms with Crippen molar-refractivity contribution in [3.05, 3.63) is 53.6 Å². The van der Waals surface area contributed by atoms with E-state index < -0.39 is 27.2 Å². The predicted octanol–water partition coefficient (Wildman–Crippen LogP) is 2.53. The van der Waals surface area contributed by atoms with Crippen LogP contribution in [0, 0.1) is 11.6 Å². The lowest BCUT2D eigenvalue weighted by molar-refractivity contribution is 0.403. The molecule has 0 heterocycles. The summed E-state index contributed by atoms with van der Waals surface area (Å²) >= 11 is 0. The summed E-state index contributed by atoms with van der Waals surface area (Å²) in [6.45, 7) is 0. The van der Waals surface area contributed by atoms with Crippen LogP contribution in [0.5, 0.6) is 5.75 Å². The Labute approximate surface area is 121 Å². The summed E-state index contributed by atoms with van der Waals surface area (Å²) in [7, 11) is -2.45. The molecule has 112 valence electrons. The summed E-state index contributed by atoms with van der Waals surface area (Å²) in [4.78, 5) is -0.0519. The van der Waals surface area contributed by atoms with Crippen molar-refractivity contribution in [1.82, 2.24) is 0 Å². The van der Waals surface area contributed by atoms with E-state index in [1.54, 1.807) is 0 Å².